The third kappa shape index (κ3) is 5.17. The number of halogens is 2. The zero-order chi connectivity index (χ0) is 18.2. The van der Waals surface area contributed by atoms with Gasteiger partial charge in [0.15, 0.2) is 0 Å². The van der Waals surface area contributed by atoms with Gasteiger partial charge in [-0.2, -0.15) is 5.26 Å². The minimum absolute atomic E-state index is 0.0290. The molecule has 0 radical (unpaired) electrons. The Bertz CT molecular complexity index is 758. The van der Waals surface area contributed by atoms with E-state index in [2.05, 4.69) is 10.6 Å². The number of nitrogens with one attached hydrogen (secondary N) is 2. The summed E-state index contributed by atoms with van der Waals surface area (Å²) < 4.78 is 18.7. The number of morpholine rings is 1. The monoisotopic (exact) mass is 361 g/mol. The van der Waals surface area contributed by atoms with Gasteiger partial charge in [0, 0.05) is 25.7 Å². The van der Waals surface area contributed by atoms with E-state index in [1.54, 1.807) is 19.2 Å². The topological polar surface area (TPSA) is 57.1 Å². The molecule has 4 nitrogen and oxygen atoms in total. The second kappa shape index (κ2) is 9.38. The number of ether oxygens (including phenoxy) is 1. The normalized spacial score (nSPS) is 13.4. The summed E-state index contributed by atoms with van der Waals surface area (Å²) in [6.07, 6.45) is 0. The van der Waals surface area contributed by atoms with Crippen LogP contribution < -0.4 is 10.6 Å². The van der Waals surface area contributed by atoms with Gasteiger partial charge in [0.05, 0.1) is 29.5 Å². The van der Waals surface area contributed by atoms with E-state index in [1.807, 2.05) is 19.1 Å². The molecule has 0 saturated carbocycles. The Balaban J connectivity index is 0.000000316. The highest BCUT2D eigenvalue weighted by molar-refractivity contribution is 6.36. The van der Waals surface area contributed by atoms with E-state index in [0.29, 0.717) is 10.6 Å². The molecule has 2 N–H and O–H groups in total. The molecule has 0 aliphatic carbocycles. The van der Waals surface area contributed by atoms with Gasteiger partial charge in [-0.1, -0.05) is 17.7 Å². The summed E-state index contributed by atoms with van der Waals surface area (Å²) in [7, 11) is 1.78. The molecule has 3 rings (SSSR count). The highest BCUT2D eigenvalue weighted by Crippen LogP contribution is 2.35. The third-order valence-electron chi connectivity index (χ3n) is 3.73. The number of nitriles is 1. The van der Waals surface area contributed by atoms with E-state index in [1.165, 1.54) is 12.1 Å². The van der Waals surface area contributed by atoms with E-state index in [0.717, 1.165) is 43.1 Å². The van der Waals surface area contributed by atoms with Crippen molar-refractivity contribution in [3.05, 3.63) is 52.3 Å². The molecule has 6 heteroatoms. The van der Waals surface area contributed by atoms with Gasteiger partial charge in [0.2, 0.25) is 0 Å². The Hall–Kier alpha value is -2.13. The fraction of sp³-hybridized carbons (Fsp3) is 0.316. The van der Waals surface area contributed by atoms with Crippen LogP contribution in [0.5, 0.6) is 0 Å². The minimum Gasteiger partial charge on any atom is -0.387 e. The molecule has 0 atom stereocenters. The number of nitrogens with zero attached hydrogens (tertiary/aromatic N) is 1. The Kier molecular flexibility index (Phi) is 7.20. The van der Waals surface area contributed by atoms with Crippen LogP contribution in [0, 0.1) is 24.1 Å². The van der Waals surface area contributed by atoms with Crippen LogP contribution in [0.25, 0.3) is 11.1 Å². The molecular weight excluding hydrogens is 341 g/mol. The lowest BCUT2D eigenvalue weighted by Gasteiger charge is -2.11. The highest BCUT2D eigenvalue weighted by atomic mass is 35.5. The van der Waals surface area contributed by atoms with Crippen LogP contribution in [0.2, 0.25) is 5.02 Å². The Labute approximate surface area is 152 Å². The summed E-state index contributed by atoms with van der Waals surface area (Å²) >= 11 is 6.29. The number of hydrogen-bond acceptors (Lipinski definition) is 4. The van der Waals surface area contributed by atoms with Crippen molar-refractivity contribution in [3.8, 4) is 17.2 Å². The number of hydrogen-bond donors (Lipinski definition) is 2. The molecule has 0 spiro atoms. The molecule has 2 aromatic rings. The maximum absolute atomic E-state index is 13.7. The van der Waals surface area contributed by atoms with Crippen LogP contribution in [0.3, 0.4) is 0 Å². The first kappa shape index (κ1) is 19.2. The van der Waals surface area contributed by atoms with Crippen molar-refractivity contribution in [2.45, 2.75) is 6.92 Å². The van der Waals surface area contributed by atoms with E-state index in [-0.39, 0.29) is 5.56 Å². The quantitative estimate of drug-likeness (QED) is 0.849. The molecule has 1 aliphatic rings. The second-order valence-corrected chi connectivity index (χ2v) is 5.97. The van der Waals surface area contributed by atoms with Crippen molar-refractivity contribution in [2.75, 3.05) is 38.7 Å². The first-order valence-corrected chi connectivity index (χ1v) is 8.41. The zero-order valence-corrected chi connectivity index (χ0v) is 15.1. The lowest BCUT2D eigenvalue weighted by molar-refractivity contribution is 0.109. The van der Waals surface area contributed by atoms with Crippen molar-refractivity contribution in [1.29, 1.82) is 5.26 Å². The fourth-order valence-corrected chi connectivity index (χ4v) is 2.76. The maximum Gasteiger partial charge on any atom is 0.141 e. The molecule has 25 heavy (non-hydrogen) atoms. The van der Waals surface area contributed by atoms with E-state index in [9.17, 15) is 4.39 Å². The first-order chi connectivity index (χ1) is 12.1. The van der Waals surface area contributed by atoms with Crippen molar-refractivity contribution >= 4 is 17.3 Å². The van der Waals surface area contributed by atoms with Gasteiger partial charge in [-0.05, 0) is 42.3 Å². The molecule has 2 aromatic carbocycles. The van der Waals surface area contributed by atoms with E-state index in [4.69, 9.17) is 21.6 Å². The van der Waals surface area contributed by atoms with Gasteiger partial charge in [-0.25, -0.2) is 4.39 Å². The van der Waals surface area contributed by atoms with Gasteiger partial charge in [-0.3, -0.25) is 0 Å². The van der Waals surface area contributed by atoms with E-state index >= 15 is 0 Å². The molecule has 0 unspecified atom stereocenters. The van der Waals surface area contributed by atoms with Gasteiger partial charge >= 0.3 is 0 Å². The smallest absolute Gasteiger partial charge is 0.141 e. The largest absolute Gasteiger partial charge is 0.387 e. The standard InChI is InChI=1S/C15H12ClFN2.C4H9NO/c1-9-5-12(15(16)14(6-9)19-2)10-3-4-11(8-18)13(17)7-10;1-3-6-4-2-5-1/h3-7,19H,1-2H3;5H,1-4H2. The van der Waals surface area contributed by atoms with Gasteiger partial charge in [-0.15, -0.1) is 0 Å². The SMILES string of the molecule is C1COCCN1.CNc1cc(C)cc(-c2ccc(C#N)c(F)c2)c1Cl. The summed E-state index contributed by atoms with van der Waals surface area (Å²) in [4.78, 5) is 0. The Morgan fingerprint density at radius 2 is 1.96 bits per heavy atom. The Morgan fingerprint density at radius 1 is 1.24 bits per heavy atom. The second-order valence-electron chi connectivity index (χ2n) is 5.59. The molecule has 0 aromatic heterocycles. The summed E-state index contributed by atoms with van der Waals surface area (Å²) in [6.45, 7) is 5.78. The van der Waals surface area contributed by atoms with Gasteiger partial charge < -0.3 is 15.4 Å². The van der Waals surface area contributed by atoms with Crippen molar-refractivity contribution in [3.63, 3.8) is 0 Å². The number of aryl methyl sites for hydroxylation is 1. The summed E-state index contributed by atoms with van der Waals surface area (Å²) in [6, 6.07) is 10.1. The van der Waals surface area contributed by atoms with Crippen LogP contribution in [-0.2, 0) is 4.74 Å². The number of anilines is 1. The summed E-state index contributed by atoms with van der Waals surface area (Å²) in [5, 5.41) is 15.4. The van der Waals surface area contributed by atoms with Crippen LogP contribution in [0.1, 0.15) is 11.1 Å². The number of benzene rings is 2. The van der Waals surface area contributed by atoms with Crippen LogP contribution in [-0.4, -0.2) is 33.4 Å². The molecule has 1 saturated heterocycles. The molecule has 1 aliphatic heterocycles. The predicted octanol–water partition coefficient (Wildman–Crippen LogP) is 3.97. The van der Waals surface area contributed by atoms with Crippen molar-refractivity contribution in [2.24, 2.45) is 0 Å². The molecule has 1 fully saturated rings. The van der Waals surface area contributed by atoms with Gasteiger partial charge in [0.25, 0.3) is 0 Å². The third-order valence-corrected chi connectivity index (χ3v) is 4.14. The molecule has 1 heterocycles. The summed E-state index contributed by atoms with van der Waals surface area (Å²) in [5.74, 6) is -0.538. The fourth-order valence-electron chi connectivity index (χ4n) is 2.45. The van der Waals surface area contributed by atoms with Crippen LogP contribution in [0.15, 0.2) is 30.3 Å². The predicted molar refractivity (Wildman–Crippen MR) is 99.5 cm³/mol. The van der Waals surface area contributed by atoms with Crippen LogP contribution in [0.4, 0.5) is 10.1 Å². The van der Waals surface area contributed by atoms with Crippen molar-refractivity contribution < 1.29 is 9.13 Å². The molecule has 0 amide bonds. The summed E-state index contributed by atoms with van der Waals surface area (Å²) in [5.41, 5.74) is 3.24. The lowest BCUT2D eigenvalue weighted by atomic mass is 10.0. The minimum atomic E-state index is -0.538. The molecule has 132 valence electrons. The molecular formula is C19H21ClFN3O. The average Bonchev–Trinajstić information content (AvgIpc) is 2.65. The van der Waals surface area contributed by atoms with Crippen LogP contribution >= 0.6 is 11.6 Å². The highest BCUT2D eigenvalue weighted by Gasteiger charge is 2.11. The first-order valence-electron chi connectivity index (χ1n) is 8.03. The average molecular weight is 362 g/mol. The zero-order valence-electron chi connectivity index (χ0n) is 14.3. The Morgan fingerprint density at radius 3 is 2.44 bits per heavy atom. The van der Waals surface area contributed by atoms with Crippen molar-refractivity contribution in [1.82, 2.24) is 5.32 Å². The van der Waals surface area contributed by atoms with E-state index < -0.39 is 5.82 Å². The molecule has 0 bridgehead atoms. The lowest BCUT2D eigenvalue weighted by Crippen LogP contribution is -2.30. The van der Waals surface area contributed by atoms with Gasteiger partial charge in [0.1, 0.15) is 11.9 Å². The number of rotatable bonds is 2. The maximum atomic E-state index is 13.7.